The number of rotatable bonds is 5. The van der Waals surface area contributed by atoms with E-state index in [0.29, 0.717) is 11.8 Å². The van der Waals surface area contributed by atoms with Gasteiger partial charge in [-0.2, -0.15) is 18.3 Å². The van der Waals surface area contributed by atoms with Crippen LogP contribution in [-0.4, -0.2) is 17.7 Å². The number of hydrogen-bond acceptors (Lipinski definition) is 5. The largest absolute Gasteiger partial charge is 0.497 e. The Morgan fingerprint density at radius 2 is 1.76 bits per heavy atom. The molecule has 1 N–H and O–H groups in total. The summed E-state index contributed by atoms with van der Waals surface area (Å²) in [5.41, 5.74) is 1.83. The van der Waals surface area contributed by atoms with Crippen molar-refractivity contribution >= 4 is 27.9 Å². The zero-order valence-corrected chi connectivity index (χ0v) is 15.4. The van der Waals surface area contributed by atoms with Gasteiger partial charge in [0.1, 0.15) is 11.4 Å². The van der Waals surface area contributed by atoms with Crippen LogP contribution in [0, 0.1) is 10.1 Å². The molecule has 3 aromatic carbocycles. The van der Waals surface area contributed by atoms with Gasteiger partial charge >= 0.3 is 6.18 Å². The van der Waals surface area contributed by atoms with Crippen molar-refractivity contribution in [1.29, 1.82) is 0 Å². The third-order valence-electron chi connectivity index (χ3n) is 4.33. The lowest BCUT2D eigenvalue weighted by atomic mass is 10.0. The number of alkyl halides is 3. The highest BCUT2D eigenvalue weighted by atomic mass is 19.4. The van der Waals surface area contributed by atoms with E-state index in [1.807, 2.05) is 36.4 Å². The number of anilines is 1. The minimum absolute atomic E-state index is 0.132. The zero-order valence-electron chi connectivity index (χ0n) is 15.4. The predicted octanol–water partition coefficient (Wildman–Crippen LogP) is 5.61. The summed E-state index contributed by atoms with van der Waals surface area (Å²) in [5, 5.41) is 17.2. The molecule has 29 heavy (non-hydrogen) atoms. The zero-order chi connectivity index (χ0) is 21.2. The molecule has 3 rings (SSSR count). The van der Waals surface area contributed by atoms with Crippen LogP contribution in [0.3, 0.4) is 0 Å². The first-order valence-electron chi connectivity index (χ1n) is 8.43. The number of nitro benzene ring substituents is 1. The number of methoxy groups -OCH3 is 1. The Bertz CT molecular complexity index is 1110. The molecule has 0 bridgehead atoms. The lowest BCUT2D eigenvalue weighted by Crippen LogP contribution is -2.07. The van der Waals surface area contributed by atoms with Crippen LogP contribution >= 0.6 is 0 Å². The minimum atomic E-state index is -4.67. The molecular formula is C20H16F3N3O3. The molecule has 6 nitrogen and oxygen atoms in total. The number of hydrogen-bond donors (Lipinski definition) is 1. The Hall–Kier alpha value is -3.62. The first-order valence-corrected chi connectivity index (χ1v) is 8.43. The van der Waals surface area contributed by atoms with Crippen molar-refractivity contribution in [2.45, 2.75) is 13.1 Å². The fraction of sp³-hybridized carbons (Fsp3) is 0.150. The Morgan fingerprint density at radius 1 is 1.07 bits per heavy atom. The summed E-state index contributed by atoms with van der Waals surface area (Å²) in [7, 11) is 1.58. The molecule has 0 spiro atoms. The fourth-order valence-electron chi connectivity index (χ4n) is 2.74. The van der Waals surface area contributed by atoms with E-state index in [2.05, 4.69) is 10.5 Å². The van der Waals surface area contributed by atoms with Crippen LogP contribution in [0.5, 0.6) is 5.75 Å². The van der Waals surface area contributed by atoms with Gasteiger partial charge in [-0.05, 0) is 53.6 Å². The molecule has 0 aliphatic heterocycles. The van der Waals surface area contributed by atoms with E-state index in [9.17, 15) is 23.3 Å². The van der Waals surface area contributed by atoms with Gasteiger partial charge in [0, 0.05) is 6.07 Å². The van der Waals surface area contributed by atoms with Crippen LogP contribution in [0.2, 0.25) is 0 Å². The molecule has 0 fully saturated rings. The van der Waals surface area contributed by atoms with Gasteiger partial charge in [0.15, 0.2) is 0 Å². The molecule has 0 aliphatic carbocycles. The van der Waals surface area contributed by atoms with Gasteiger partial charge in [-0.15, -0.1) is 0 Å². The molecule has 0 aliphatic rings. The average molecular weight is 403 g/mol. The lowest BCUT2D eigenvalue weighted by molar-refractivity contribution is -0.384. The number of nitrogens with zero attached hydrogens (tertiary/aromatic N) is 2. The number of nitro groups is 1. The average Bonchev–Trinajstić information content (AvgIpc) is 2.70. The molecule has 3 aromatic rings. The standard InChI is InChI=1S/C20H16F3N3O3/c1-12(13-3-4-15-10-17(29-2)7-5-14(15)9-13)24-25-18-8-6-16(20(21,22)23)11-19(18)26(27)28/h3-11,25H,1-2H3/b24-12-. The summed E-state index contributed by atoms with van der Waals surface area (Å²) in [6, 6.07) is 13.4. The number of nitrogens with one attached hydrogen (secondary N) is 1. The van der Waals surface area contributed by atoms with Crippen molar-refractivity contribution in [3.8, 4) is 5.75 Å². The molecule has 0 radical (unpaired) electrons. The summed E-state index contributed by atoms with van der Waals surface area (Å²) in [6.45, 7) is 1.69. The molecule has 0 aromatic heterocycles. The molecule has 0 unspecified atom stereocenters. The Labute approximate surface area is 163 Å². The van der Waals surface area contributed by atoms with Gasteiger partial charge in [-0.3, -0.25) is 15.5 Å². The quantitative estimate of drug-likeness (QED) is 0.341. The van der Waals surface area contributed by atoms with Crippen LogP contribution in [0.25, 0.3) is 10.8 Å². The first kappa shape index (κ1) is 20.1. The van der Waals surface area contributed by atoms with Crippen molar-refractivity contribution in [1.82, 2.24) is 0 Å². The number of halogens is 3. The molecule has 0 saturated carbocycles. The van der Waals surface area contributed by atoms with Gasteiger partial charge in [0.25, 0.3) is 5.69 Å². The summed E-state index contributed by atoms with van der Waals surface area (Å²) in [6.07, 6.45) is -4.67. The monoisotopic (exact) mass is 403 g/mol. The van der Waals surface area contributed by atoms with Gasteiger partial charge < -0.3 is 4.74 Å². The number of benzene rings is 3. The highest BCUT2D eigenvalue weighted by Gasteiger charge is 2.33. The number of fused-ring (bicyclic) bond motifs is 1. The number of hydrazone groups is 1. The smallest absolute Gasteiger partial charge is 0.416 e. The van der Waals surface area contributed by atoms with Crippen molar-refractivity contribution < 1.29 is 22.8 Å². The Kier molecular flexibility index (Phi) is 5.40. The maximum Gasteiger partial charge on any atom is 0.416 e. The molecule has 0 heterocycles. The van der Waals surface area contributed by atoms with Gasteiger partial charge in [-0.25, -0.2) is 0 Å². The third kappa shape index (κ3) is 4.45. The SMILES string of the molecule is COc1ccc2cc(/C(C)=N\Nc3ccc(C(F)(F)F)cc3[N+](=O)[O-])ccc2c1. The first-order chi connectivity index (χ1) is 13.7. The molecule has 150 valence electrons. The minimum Gasteiger partial charge on any atom is -0.497 e. The molecular weight excluding hydrogens is 387 g/mol. The van der Waals surface area contributed by atoms with Crippen molar-refractivity contribution in [2.75, 3.05) is 12.5 Å². The van der Waals surface area contributed by atoms with Crippen LogP contribution in [0.1, 0.15) is 18.1 Å². The van der Waals surface area contributed by atoms with E-state index in [1.165, 1.54) is 0 Å². The molecule has 0 atom stereocenters. The summed E-state index contributed by atoms with van der Waals surface area (Å²) in [5.74, 6) is 0.729. The molecule has 9 heteroatoms. The second-order valence-corrected chi connectivity index (χ2v) is 6.22. The lowest BCUT2D eigenvalue weighted by Gasteiger charge is -2.09. The van der Waals surface area contributed by atoms with E-state index in [-0.39, 0.29) is 5.69 Å². The highest BCUT2D eigenvalue weighted by Crippen LogP contribution is 2.35. The van der Waals surface area contributed by atoms with Crippen LogP contribution in [0.15, 0.2) is 59.7 Å². The van der Waals surface area contributed by atoms with E-state index in [0.717, 1.165) is 34.2 Å². The second-order valence-electron chi connectivity index (χ2n) is 6.22. The summed E-state index contributed by atoms with van der Waals surface area (Å²) >= 11 is 0. The van der Waals surface area contributed by atoms with Gasteiger partial charge in [-0.1, -0.05) is 18.2 Å². The van der Waals surface area contributed by atoms with Crippen molar-refractivity contribution in [2.24, 2.45) is 5.10 Å². The predicted molar refractivity (Wildman–Crippen MR) is 104 cm³/mol. The van der Waals surface area contributed by atoms with Gasteiger partial charge in [0.2, 0.25) is 0 Å². The Morgan fingerprint density at radius 3 is 2.41 bits per heavy atom. The van der Waals surface area contributed by atoms with E-state index < -0.39 is 22.4 Å². The molecule has 0 saturated heterocycles. The topological polar surface area (TPSA) is 76.8 Å². The summed E-state index contributed by atoms with van der Waals surface area (Å²) < 4.78 is 43.6. The highest BCUT2D eigenvalue weighted by molar-refractivity contribution is 6.02. The van der Waals surface area contributed by atoms with Gasteiger partial charge in [0.05, 0.1) is 23.3 Å². The van der Waals surface area contributed by atoms with E-state index >= 15 is 0 Å². The van der Waals surface area contributed by atoms with E-state index in [1.54, 1.807) is 14.0 Å². The molecule has 0 amide bonds. The van der Waals surface area contributed by atoms with Crippen LogP contribution < -0.4 is 10.2 Å². The fourth-order valence-corrected chi connectivity index (χ4v) is 2.74. The second kappa shape index (κ2) is 7.78. The number of ether oxygens (including phenoxy) is 1. The van der Waals surface area contributed by atoms with Crippen molar-refractivity contribution in [3.05, 3.63) is 75.8 Å². The van der Waals surface area contributed by atoms with Crippen LogP contribution in [0.4, 0.5) is 24.5 Å². The maximum atomic E-state index is 12.8. The maximum absolute atomic E-state index is 12.8. The Balaban J connectivity index is 1.89. The normalized spacial score (nSPS) is 12.1. The van der Waals surface area contributed by atoms with E-state index in [4.69, 9.17) is 4.74 Å². The van der Waals surface area contributed by atoms with Crippen LogP contribution in [-0.2, 0) is 6.18 Å². The third-order valence-corrected chi connectivity index (χ3v) is 4.33. The summed E-state index contributed by atoms with van der Waals surface area (Å²) in [4.78, 5) is 10.3. The van der Waals surface area contributed by atoms with Crippen molar-refractivity contribution in [3.63, 3.8) is 0 Å².